The first-order chi connectivity index (χ1) is 41.7. The number of carbonyl (C=O) groups excluding carboxylic acids is 3. The molecule has 23 nitrogen and oxygen atoms in total. The Balaban J connectivity index is 0.000000116. The van der Waals surface area contributed by atoms with Crippen LogP contribution in [0, 0.1) is 3.70 Å². The smallest absolute Gasteiger partial charge is 0.254 e. The second kappa shape index (κ2) is 26.2. The molecule has 15 rings (SSSR count). The number of halogens is 2. The standard InChI is InChI=1S/C20H18N6O2.C17H15IN4O2.C17H16N4O2.C6H4BrN3/c27-20(26-4-6-28-7-5-26)14-3-1-2-13(8-14)15-9-17-18(16-11-22-23-12-16)24-25-19(17)21-10-15;18-15-14-9-13(10-19-16(14)21-20-15)11-2-1-3-12(8-11)17(23)22-4-6-24-7-5-22;22-17(21-4-6-23-7-5-21)13-3-1-2-12(8-13)14-9-15-11-19-20-16(15)18-10-14;7-5-1-4-2-9-10-6(4)8-3-5/h1-3,8-12H,4-7H2,(H,22,23)(H,21,24,25);1-3,8-10H,4-7H2,(H,19,20,21);1-3,8-11H,4-7H2,(H,18,19,20);1-3H,(H,8,9,10). The summed E-state index contributed by atoms with van der Waals surface area (Å²) in [5.74, 6) is 0.126. The second-order valence-electron chi connectivity index (χ2n) is 19.8. The minimum atomic E-state index is 0.0292. The zero-order chi connectivity index (χ0) is 58.1. The van der Waals surface area contributed by atoms with Crippen LogP contribution in [0.4, 0.5) is 0 Å². The summed E-state index contributed by atoms with van der Waals surface area (Å²) in [5.41, 5.74) is 12.5. The van der Waals surface area contributed by atoms with Crippen molar-refractivity contribution < 1.29 is 28.6 Å². The van der Waals surface area contributed by atoms with Gasteiger partial charge in [0, 0.05) is 130 Å². The number of ether oxygens (including phenoxy) is 3. The average Bonchev–Trinajstić information content (AvgIpc) is 4.10. The van der Waals surface area contributed by atoms with E-state index in [1.54, 1.807) is 49.6 Å². The van der Waals surface area contributed by atoms with Crippen LogP contribution in [0.5, 0.6) is 0 Å². The minimum Gasteiger partial charge on any atom is -0.378 e. The molecule has 5 N–H and O–H groups in total. The maximum absolute atomic E-state index is 12.8. The van der Waals surface area contributed by atoms with Gasteiger partial charge in [-0.3, -0.25) is 39.9 Å². The number of morpholine rings is 3. The topological polar surface area (TPSA) is 284 Å². The predicted molar refractivity (Wildman–Crippen MR) is 330 cm³/mol. The Labute approximate surface area is 506 Å². The molecule has 9 aromatic heterocycles. The molecule has 0 bridgehead atoms. The Bertz CT molecular complexity index is 4300. The summed E-state index contributed by atoms with van der Waals surface area (Å²) in [6.45, 7) is 7.41. The van der Waals surface area contributed by atoms with Crippen molar-refractivity contribution in [3.05, 3.63) is 172 Å². The van der Waals surface area contributed by atoms with Crippen molar-refractivity contribution >= 4 is 100 Å². The van der Waals surface area contributed by atoms with E-state index in [1.807, 2.05) is 112 Å². The first kappa shape index (κ1) is 56.3. The largest absolute Gasteiger partial charge is 0.378 e. The van der Waals surface area contributed by atoms with E-state index in [0.29, 0.717) is 107 Å². The maximum Gasteiger partial charge on any atom is 0.254 e. The van der Waals surface area contributed by atoms with Crippen molar-refractivity contribution in [2.45, 2.75) is 0 Å². The molecule has 0 atom stereocenters. The minimum absolute atomic E-state index is 0.0292. The van der Waals surface area contributed by atoms with Crippen molar-refractivity contribution in [1.29, 1.82) is 0 Å². The number of H-pyrrole nitrogens is 5. The molecule has 0 aliphatic carbocycles. The molecule has 428 valence electrons. The van der Waals surface area contributed by atoms with Gasteiger partial charge in [0.05, 0.1) is 69.3 Å². The Hall–Kier alpha value is -9.15. The number of carbonyl (C=O) groups is 3. The van der Waals surface area contributed by atoms with E-state index >= 15 is 0 Å². The van der Waals surface area contributed by atoms with Gasteiger partial charge in [-0.05, 0) is 116 Å². The number of nitrogens with one attached hydrogen (secondary N) is 5. The Kier molecular flexibility index (Phi) is 17.4. The predicted octanol–water partition coefficient (Wildman–Crippen LogP) is 9.01. The van der Waals surface area contributed by atoms with Crippen LogP contribution in [0.1, 0.15) is 31.1 Å². The molecule has 25 heteroatoms. The molecule has 0 saturated carbocycles. The number of benzene rings is 3. The Morgan fingerprint density at radius 3 is 1.40 bits per heavy atom. The monoisotopic (exact) mass is 1310 g/mol. The van der Waals surface area contributed by atoms with Gasteiger partial charge in [-0.2, -0.15) is 25.5 Å². The van der Waals surface area contributed by atoms with Crippen molar-refractivity contribution in [3.8, 4) is 44.6 Å². The van der Waals surface area contributed by atoms with E-state index < -0.39 is 0 Å². The van der Waals surface area contributed by atoms with E-state index in [1.165, 1.54) is 0 Å². The molecule has 0 unspecified atom stereocenters. The molecule has 3 aliphatic rings. The lowest BCUT2D eigenvalue weighted by atomic mass is 10.0. The number of pyridine rings is 4. The lowest BCUT2D eigenvalue weighted by Crippen LogP contribution is -2.40. The van der Waals surface area contributed by atoms with Gasteiger partial charge in [0.25, 0.3) is 17.7 Å². The van der Waals surface area contributed by atoms with Gasteiger partial charge in [0.2, 0.25) is 0 Å². The highest BCUT2D eigenvalue weighted by Gasteiger charge is 2.22. The quantitative estimate of drug-likeness (QED) is 0.0931. The summed E-state index contributed by atoms with van der Waals surface area (Å²) in [6, 6.07) is 31.1. The zero-order valence-electron chi connectivity index (χ0n) is 45.4. The van der Waals surface area contributed by atoms with Crippen LogP contribution in [0.15, 0.2) is 151 Å². The van der Waals surface area contributed by atoms with E-state index in [2.05, 4.69) is 109 Å². The van der Waals surface area contributed by atoms with Crippen LogP contribution >= 0.6 is 38.5 Å². The van der Waals surface area contributed by atoms with Crippen LogP contribution in [0.25, 0.3) is 88.8 Å². The molecule has 3 fully saturated rings. The van der Waals surface area contributed by atoms with E-state index in [4.69, 9.17) is 14.2 Å². The molecule has 3 amide bonds. The van der Waals surface area contributed by atoms with Crippen molar-refractivity contribution in [2.24, 2.45) is 0 Å². The first-order valence-corrected chi connectivity index (χ1v) is 29.1. The van der Waals surface area contributed by atoms with Gasteiger partial charge < -0.3 is 28.9 Å². The van der Waals surface area contributed by atoms with Crippen LogP contribution < -0.4 is 0 Å². The molecule has 3 saturated heterocycles. The first-order valence-electron chi connectivity index (χ1n) is 27.2. The fourth-order valence-electron chi connectivity index (χ4n) is 9.84. The maximum atomic E-state index is 12.8. The van der Waals surface area contributed by atoms with Gasteiger partial charge in [0.15, 0.2) is 22.6 Å². The molecule has 0 radical (unpaired) electrons. The highest BCUT2D eigenvalue weighted by Crippen LogP contribution is 2.31. The van der Waals surface area contributed by atoms with Crippen molar-refractivity contribution in [3.63, 3.8) is 0 Å². The van der Waals surface area contributed by atoms with E-state index in [-0.39, 0.29) is 17.7 Å². The van der Waals surface area contributed by atoms with E-state index in [0.717, 1.165) is 85.7 Å². The third kappa shape index (κ3) is 13.1. The number of aromatic nitrogens is 14. The zero-order valence-corrected chi connectivity index (χ0v) is 49.2. The summed E-state index contributed by atoms with van der Waals surface area (Å²) in [7, 11) is 0. The highest BCUT2D eigenvalue weighted by atomic mass is 127. The molecule has 12 heterocycles. The second-order valence-corrected chi connectivity index (χ2v) is 21.8. The average molecular weight is 1320 g/mol. The molecule has 3 aromatic carbocycles. The van der Waals surface area contributed by atoms with Gasteiger partial charge in [0.1, 0.15) is 3.70 Å². The Morgan fingerprint density at radius 1 is 0.447 bits per heavy atom. The van der Waals surface area contributed by atoms with Crippen LogP contribution in [-0.4, -0.2) is 182 Å². The normalized spacial score (nSPS) is 14.3. The number of fused-ring (bicyclic) bond motifs is 4. The van der Waals surface area contributed by atoms with Gasteiger partial charge in [-0.1, -0.05) is 36.4 Å². The number of amides is 3. The number of aromatic amines is 5. The lowest BCUT2D eigenvalue weighted by molar-refractivity contribution is 0.0301. The third-order valence-corrected chi connectivity index (χ3v) is 15.6. The molecule has 12 aromatic rings. The molecule has 0 spiro atoms. The number of nitrogens with zero attached hydrogens (tertiary/aromatic N) is 12. The fourth-order valence-corrected chi connectivity index (χ4v) is 10.7. The van der Waals surface area contributed by atoms with Crippen molar-refractivity contribution in [2.75, 3.05) is 78.9 Å². The number of hydrogen-bond acceptors (Lipinski definition) is 15. The summed E-state index contributed by atoms with van der Waals surface area (Å²) in [6.07, 6.45) is 14.1. The van der Waals surface area contributed by atoms with Gasteiger partial charge in [-0.25, -0.2) is 19.9 Å². The molecular formula is C60H53BrIN17O6. The lowest BCUT2D eigenvalue weighted by Gasteiger charge is -2.27. The summed E-state index contributed by atoms with van der Waals surface area (Å²) in [5, 5.41) is 38.5. The number of rotatable bonds is 7. The number of hydrogen-bond donors (Lipinski definition) is 5. The summed E-state index contributed by atoms with van der Waals surface area (Å²) in [4.78, 5) is 60.8. The van der Waals surface area contributed by atoms with Gasteiger partial charge >= 0.3 is 0 Å². The van der Waals surface area contributed by atoms with Crippen LogP contribution in [0.3, 0.4) is 0 Å². The van der Waals surface area contributed by atoms with Crippen LogP contribution in [0.2, 0.25) is 0 Å². The van der Waals surface area contributed by atoms with Gasteiger partial charge in [-0.15, -0.1) is 0 Å². The Morgan fingerprint density at radius 2 is 0.894 bits per heavy atom. The SMILES string of the molecule is Brc1cnc2[nH]ncc2c1.O=C(c1cccc(-c2cnc3[nH]ncc3c2)c1)N1CCOCC1.O=C(c1cccc(-c2cnc3n[nH]c(-c4cn[nH]c4)c3c2)c1)N1CCOCC1.O=C(c1cccc(-c2cnc3n[nH]c(I)c3c2)c1)N1CCOCC1. The summed E-state index contributed by atoms with van der Waals surface area (Å²) >= 11 is 5.52. The van der Waals surface area contributed by atoms with Crippen molar-refractivity contribution in [1.82, 2.24) is 85.6 Å². The molecular weight excluding hydrogens is 1260 g/mol. The molecule has 3 aliphatic heterocycles. The summed E-state index contributed by atoms with van der Waals surface area (Å²) < 4.78 is 17.9. The molecule has 85 heavy (non-hydrogen) atoms. The van der Waals surface area contributed by atoms with E-state index in [9.17, 15) is 14.4 Å². The fraction of sp³-hybridized carbons (Fsp3) is 0.200. The van der Waals surface area contributed by atoms with Crippen LogP contribution in [-0.2, 0) is 14.2 Å². The highest BCUT2D eigenvalue weighted by molar-refractivity contribution is 14.1. The third-order valence-electron chi connectivity index (χ3n) is 14.3.